The van der Waals surface area contributed by atoms with E-state index in [2.05, 4.69) is 20.8 Å². The number of nitrogens with zero attached hydrogens (tertiary/aromatic N) is 5. The van der Waals surface area contributed by atoms with Crippen LogP contribution in [-0.4, -0.2) is 21.4 Å². The van der Waals surface area contributed by atoms with E-state index in [-0.39, 0.29) is 11.4 Å². The fourth-order valence-corrected chi connectivity index (χ4v) is 3.76. The van der Waals surface area contributed by atoms with Gasteiger partial charge in [0.05, 0.1) is 16.4 Å². The van der Waals surface area contributed by atoms with E-state index in [9.17, 15) is 15.2 Å². The van der Waals surface area contributed by atoms with Gasteiger partial charge in [0, 0.05) is 35.2 Å². The number of aromatic nitrogens is 3. The Morgan fingerprint density at radius 2 is 1.88 bits per heavy atom. The van der Waals surface area contributed by atoms with Crippen molar-refractivity contribution in [3.05, 3.63) is 88.0 Å². The Balaban J connectivity index is 1.28. The smallest absolute Gasteiger partial charge is 0.289 e. The molecule has 168 valence electrons. The lowest BCUT2D eigenvalue weighted by Crippen LogP contribution is -2.34. The van der Waals surface area contributed by atoms with Crippen LogP contribution in [0.1, 0.15) is 5.76 Å². The predicted molar refractivity (Wildman–Crippen MR) is 121 cm³/mol. The van der Waals surface area contributed by atoms with Gasteiger partial charge in [-0.1, -0.05) is 18.2 Å². The molecule has 0 atom stereocenters. The lowest BCUT2D eigenvalue weighted by molar-refractivity contribution is -0.660. The Hall–Kier alpha value is -4.84. The van der Waals surface area contributed by atoms with E-state index in [0.717, 1.165) is 0 Å². The zero-order valence-corrected chi connectivity index (χ0v) is 18.0. The van der Waals surface area contributed by atoms with E-state index in [1.165, 1.54) is 34.4 Å². The summed E-state index contributed by atoms with van der Waals surface area (Å²) in [5, 5.41) is 33.1. The summed E-state index contributed by atoms with van der Waals surface area (Å²) < 4.78 is 11.9. The van der Waals surface area contributed by atoms with Crippen LogP contribution in [0, 0.1) is 10.1 Å². The third kappa shape index (κ3) is 4.25. The Bertz CT molecular complexity index is 1470. The van der Waals surface area contributed by atoms with Crippen LogP contribution in [0.4, 0.5) is 10.8 Å². The molecular formula is C22H14N6O5S. The number of para-hydroxylation sites is 1. The van der Waals surface area contributed by atoms with E-state index in [1.54, 1.807) is 41.8 Å². The topological polar surface area (TPSA) is 147 Å². The summed E-state index contributed by atoms with van der Waals surface area (Å²) in [6, 6.07) is 18.6. The third-order valence-corrected chi connectivity index (χ3v) is 5.45. The van der Waals surface area contributed by atoms with Gasteiger partial charge in [0.15, 0.2) is 11.6 Å². The first-order valence-electron chi connectivity index (χ1n) is 9.82. The highest BCUT2D eigenvalue weighted by atomic mass is 32.1. The number of benzene rings is 2. The molecule has 11 nitrogen and oxygen atoms in total. The number of furan rings is 1. The lowest BCUT2D eigenvalue weighted by atomic mass is 10.1. The van der Waals surface area contributed by atoms with E-state index >= 15 is 0 Å². The Labute approximate surface area is 195 Å². The number of nitrogens with one attached hydrogen (secondary N) is 1. The molecule has 3 heterocycles. The summed E-state index contributed by atoms with van der Waals surface area (Å²) in [6.07, 6.45) is 1.47. The summed E-state index contributed by atoms with van der Waals surface area (Å²) in [5.41, 5.74) is 4.79. The number of rotatable bonds is 7. The second-order valence-electron chi connectivity index (χ2n) is 6.87. The van der Waals surface area contributed by atoms with Gasteiger partial charge in [-0.05, 0) is 28.9 Å². The van der Waals surface area contributed by atoms with Crippen molar-refractivity contribution in [1.29, 1.82) is 0 Å². The lowest BCUT2D eigenvalue weighted by Gasteiger charge is -1.96. The zero-order valence-electron chi connectivity index (χ0n) is 17.2. The van der Waals surface area contributed by atoms with Crippen molar-refractivity contribution < 1.29 is 23.7 Å². The molecule has 0 aliphatic rings. The Morgan fingerprint density at radius 1 is 1.09 bits per heavy atom. The zero-order chi connectivity index (χ0) is 23.5. The van der Waals surface area contributed by atoms with Gasteiger partial charge >= 0.3 is 0 Å². The molecule has 0 saturated heterocycles. The molecule has 0 radical (unpaired) electrons. The summed E-state index contributed by atoms with van der Waals surface area (Å²) in [7, 11) is 0. The molecule has 34 heavy (non-hydrogen) atoms. The largest absolute Gasteiger partial charge is 0.539 e. The number of hydrazone groups is 1. The van der Waals surface area contributed by atoms with E-state index < -0.39 is 10.9 Å². The fraction of sp³-hybridized carbons (Fsp3) is 0. The molecule has 5 aromatic rings. The van der Waals surface area contributed by atoms with Gasteiger partial charge in [-0.25, -0.2) is 4.98 Å². The highest BCUT2D eigenvalue weighted by Crippen LogP contribution is 2.28. The van der Waals surface area contributed by atoms with Crippen LogP contribution in [0.25, 0.3) is 28.4 Å². The molecule has 0 aliphatic carbocycles. The molecule has 0 fully saturated rings. The first-order chi connectivity index (χ1) is 16.6. The average Bonchev–Trinajstić information content (AvgIpc) is 3.60. The highest BCUT2D eigenvalue weighted by Gasteiger charge is 2.24. The summed E-state index contributed by atoms with van der Waals surface area (Å²) in [5.74, 6) is 0.424. The van der Waals surface area contributed by atoms with Gasteiger partial charge in [0.2, 0.25) is 10.8 Å². The van der Waals surface area contributed by atoms with Crippen LogP contribution < -0.4 is 15.2 Å². The molecule has 1 N–H and O–H groups in total. The van der Waals surface area contributed by atoms with Crippen molar-refractivity contribution in [2.75, 3.05) is 5.43 Å². The van der Waals surface area contributed by atoms with Crippen molar-refractivity contribution in [1.82, 2.24) is 10.3 Å². The van der Waals surface area contributed by atoms with Crippen LogP contribution in [0.15, 0.2) is 86.2 Å². The van der Waals surface area contributed by atoms with Gasteiger partial charge in [-0.15, -0.1) is 11.3 Å². The number of nitro benzene ring substituents is 1. The SMILES string of the molecule is O=[N+]([O-])c1ccc(-c2ccc(/C=N/Nc3nc(-c4c([O-])on[n+]4-c4ccccc4)cs3)o2)cc1. The molecule has 0 amide bonds. The van der Waals surface area contributed by atoms with Crippen LogP contribution in [0.3, 0.4) is 0 Å². The van der Waals surface area contributed by atoms with Crippen molar-refractivity contribution in [3.63, 3.8) is 0 Å². The van der Waals surface area contributed by atoms with Crippen LogP contribution in [-0.2, 0) is 0 Å². The Kier molecular flexibility index (Phi) is 5.54. The van der Waals surface area contributed by atoms with Crippen LogP contribution in [0.5, 0.6) is 5.95 Å². The molecule has 0 bridgehead atoms. The van der Waals surface area contributed by atoms with Crippen molar-refractivity contribution in [2.24, 2.45) is 5.10 Å². The number of hydrogen-bond acceptors (Lipinski definition) is 10. The molecule has 0 unspecified atom stereocenters. The maximum atomic E-state index is 12.2. The van der Waals surface area contributed by atoms with E-state index in [0.29, 0.717) is 33.6 Å². The second kappa shape index (κ2) is 8.96. The minimum atomic E-state index is -0.599. The average molecular weight is 474 g/mol. The summed E-state index contributed by atoms with van der Waals surface area (Å²) >= 11 is 1.26. The maximum Gasteiger partial charge on any atom is 0.289 e. The van der Waals surface area contributed by atoms with Crippen molar-refractivity contribution in [3.8, 4) is 34.3 Å². The first-order valence-corrected chi connectivity index (χ1v) is 10.7. The van der Waals surface area contributed by atoms with Gasteiger partial charge < -0.3 is 14.0 Å². The monoisotopic (exact) mass is 474 g/mol. The van der Waals surface area contributed by atoms with Crippen molar-refractivity contribution >= 4 is 28.4 Å². The van der Waals surface area contributed by atoms with Gasteiger partial charge in [-0.3, -0.25) is 15.5 Å². The van der Waals surface area contributed by atoms with Crippen LogP contribution in [0.2, 0.25) is 0 Å². The summed E-state index contributed by atoms with van der Waals surface area (Å²) in [4.78, 5) is 14.7. The second-order valence-corrected chi connectivity index (χ2v) is 7.73. The van der Waals surface area contributed by atoms with E-state index in [1.807, 2.05) is 18.2 Å². The predicted octanol–water partition coefficient (Wildman–Crippen LogP) is 3.76. The molecular weight excluding hydrogens is 460 g/mol. The fourth-order valence-electron chi connectivity index (χ4n) is 3.12. The number of anilines is 1. The van der Waals surface area contributed by atoms with E-state index in [4.69, 9.17) is 8.94 Å². The minimum absolute atomic E-state index is 0.00806. The third-order valence-electron chi connectivity index (χ3n) is 4.70. The minimum Gasteiger partial charge on any atom is -0.539 e. The van der Waals surface area contributed by atoms with Gasteiger partial charge in [-0.2, -0.15) is 5.10 Å². The number of nitro groups is 1. The van der Waals surface area contributed by atoms with Crippen LogP contribution >= 0.6 is 11.3 Å². The normalized spacial score (nSPS) is 11.2. The molecule has 0 saturated carbocycles. The quantitative estimate of drug-likeness (QED) is 0.162. The molecule has 2 aromatic carbocycles. The first kappa shape index (κ1) is 21.0. The standard InChI is InChI=1S/C22H14N6O5S/c29-21-20(27(26-33-21)15-4-2-1-3-5-15)18-13-34-22(24-18)25-23-12-17-10-11-19(32-17)14-6-8-16(9-7-14)28(30)31/h1-13H,(H-,24,25,26,29)/b23-12+. The molecule has 0 aliphatic heterocycles. The highest BCUT2D eigenvalue weighted by molar-refractivity contribution is 7.14. The Morgan fingerprint density at radius 3 is 2.65 bits per heavy atom. The summed E-state index contributed by atoms with van der Waals surface area (Å²) in [6.45, 7) is 0. The molecule has 0 spiro atoms. The van der Waals surface area contributed by atoms with Gasteiger partial charge in [0.25, 0.3) is 11.4 Å². The van der Waals surface area contributed by atoms with Gasteiger partial charge in [0.1, 0.15) is 11.5 Å². The number of hydrogen-bond donors (Lipinski definition) is 1. The number of non-ortho nitro benzene ring substituents is 1. The molecule has 12 heteroatoms. The van der Waals surface area contributed by atoms with Crippen molar-refractivity contribution in [2.45, 2.75) is 0 Å². The molecule has 5 rings (SSSR count). The number of thiazole rings is 1. The molecule has 3 aromatic heterocycles. The maximum absolute atomic E-state index is 12.2.